The van der Waals surface area contributed by atoms with Crippen molar-refractivity contribution in [2.45, 2.75) is 22.6 Å². The second-order valence-electron chi connectivity index (χ2n) is 5.21. The highest BCUT2D eigenvalue weighted by Crippen LogP contribution is 2.28. The van der Waals surface area contributed by atoms with E-state index in [2.05, 4.69) is 0 Å². The van der Waals surface area contributed by atoms with Crippen molar-refractivity contribution < 1.29 is 26.7 Å². The van der Waals surface area contributed by atoms with Crippen LogP contribution in [-0.2, 0) is 24.8 Å². The second kappa shape index (κ2) is 6.56. The van der Waals surface area contributed by atoms with Crippen LogP contribution in [0, 0.1) is 0 Å². The highest BCUT2D eigenvalue weighted by atomic mass is 32.2. The molecule has 128 valence electrons. The fourth-order valence-corrected chi connectivity index (χ4v) is 5.80. The topological polar surface area (TPSA) is 112 Å². The summed E-state index contributed by atoms with van der Waals surface area (Å²) in [5, 5.41) is 8.76. The van der Waals surface area contributed by atoms with E-state index in [0.29, 0.717) is 17.4 Å². The molecule has 1 aliphatic rings. The Morgan fingerprint density at radius 3 is 2.17 bits per heavy atom. The summed E-state index contributed by atoms with van der Waals surface area (Å²) in [6.07, 6.45) is 1.46. The number of likely N-dealkylation sites (N-methyl/N-ethyl adjacent to an activating group) is 1. The Morgan fingerprint density at radius 1 is 1.13 bits per heavy atom. The molecule has 2 rings (SSSR count). The van der Waals surface area contributed by atoms with Gasteiger partial charge >= 0.3 is 5.97 Å². The first-order valence-electron chi connectivity index (χ1n) is 6.94. The molecule has 0 aromatic heterocycles. The van der Waals surface area contributed by atoms with E-state index in [1.165, 1.54) is 28.6 Å². The van der Waals surface area contributed by atoms with Crippen LogP contribution in [0.2, 0.25) is 0 Å². The summed E-state index contributed by atoms with van der Waals surface area (Å²) in [4.78, 5) is 10.0. The van der Waals surface area contributed by atoms with Gasteiger partial charge in [-0.15, -0.1) is 0 Å². The molecule has 0 spiro atoms. The number of rotatable bonds is 6. The first kappa shape index (κ1) is 17.9. The molecule has 1 aliphatic heterocycles. The summed E-state index contributed by atoms with van der Waals surface area (Å²) in [5.74, 6) is -1.32. The number of carboxylic acid groups (broad SMARTS) is 1. The number of benzene rings is 1. The predicted octanol–water partition coefficient (Wildman–Crippen LogP) is 0.176. The Bertz CT molecular complexity index is 798. The van der Waals surface area contributed by atoms with Crippen LogP contribution in [0.1, 0.15) is 12.8 Å². The number of hydrogen-bond donors (Lipinski definition) is 1. The summed E-state index contributed by atoms with van der Waals surface area (Å²) < 4.78 is 52.3. The molecule has 1 heterocycles. The average Bonchev–Trinajstić information content (AvgIpc) is 3.01. The molecule has 0 unspecified atom stereocenters. The maximum Gasteiger partial charge on any atom is 0.318 e. The minimum absolute atomic E-state index is 0.320. The van der Waals surface area contributed by atoms with Crippen molar-refractivity contribution in [1.29, 1.82) is 0 Å². The lowest BCUT2D eigenvalue weighted by Crippen LogP contribution is -2.34. The summed E-state index contributed by atoms with van der Waals surface area (Å²) >= 11 is 0. The molecule has 0 saturated carbocycles. The summed E-state index contributed by atoms with van der Waals surface area (Å²) in [7, 11) is -7.07. The molecule has 1 fully saturated rings. The predicted molar refractivity (Wildman–Crippen MR) is 81.9 cm³/mol. The molecular weight excluding hydrogens is 344 g/mol. The van der Waals surface area contributed by atoms with Gasteiger partial charge < -0.3 is 5.11 Å². The molecule has 8 nitrogen and oxygen atoms in total. The third-order valence-corrected chi connectivity index (χ3v) is 7.53. The third-order valence-electron chi connectivity index (χ3n) is 3.58. The fraction of sp³-hybridized carbons (Fsp3) is 0.462. The van der Waals surface area contributed by atoms with Gasteiger partial charge in [-0.05, 0) is 25.0 Å². The highest BCUT2D eigenvalue weighted by molar-refractivity contribution is 7.92. The van der Waals surface area contributed by atoms with Crippen molar-refractivity contribution in [2.75, 3.05) is 26.7 Å². The lowest BCUT2D eigenvalue weighted by Gasteiger charge is -2.20. The molecule has 0 radical (unpaired) electrons. The Hall–Kier alpha value is -1.49. The van der Waals surface area contributed by atoms with Crippen LogP contribution in [0.15, 0.2) is 34.1 Å². The Balaban J connectivity index is 2.51. The van der Waals surface area contributed by atoms with Crippen molar-refractivity contribution >= 4 is 26.0 Å². The van der Waals surface area contributed by atoms with Crippen LogP contribution >= 0.6 is 0 Å². The number of sulfonamides is 2. The zero-order chi connectivity index (χ0) is 17.3. The second-order valence-corrected chi connectivity index (χ2v) is 9.13. The molecule has 1 aromatic rings. The normalized spacial score (nSPS) is 16.8. The van der Waals surface area contributed by atoms with Crippen molar-refractivity contribution in [1.82, 2.24) is 8.61 Å². The third kappa shape index (κ3) is 3.55. The van der Waals surface area contributed by atoms with Gasteiger partial charge in [-0.3, -0.25) is 4.79 Å². The van der Waals surface area contributed by atoms with Crippen LogP contribution in [0.4, 0.5) is 0 Å². The van der Waals surface area contributed by atoms with Gasteiger partial charge in [0.15, 0.2) is 0 Å². The van der Waals surface area contributed by atoms with E-state index in [-0.39, 0.29) is 4.90 Å². The minimum Gasteiger partial charge on any atom is -0.480 e. The number of carbonyl (C=O) groups is 1. The Kier molecular flexibility index (Phi) is 5.09. The van der Waals surface area contributed by atoms with Gasteiger partial charge in [0.2, 0.25) is 20.0 Å². The fourth-order valence-electron chi connectivity index (χ4n) is 2.39. The van der Waals surface area contributed by atoms with E-state index in [4.69, 9.17) is 5.11 Å². The first-order chi connectivity index (χ1) is 10.7. The molecule has 1 aromatic carbocycles. The van der Waals surface area contributed by atoms with Gasteiger partial charge in [-0.2, -0.15) is 8.61 Å². The van der Waals surface area contributed by atoms with Gasteiger partial charge in [0.25, 0.3) is 0 Å². The number of nitrogens with zero attached hydrogens (tertiary/aromatic N) is 2. The molecule has 0 atom stereocenters. The Morgan fingerprint density at radius 2 is 1.65 bits per heavy atom. The Labute approximate surface area is 135 Å². The molecule has 10 heteroatoms. The van der Waals surface area contributed by atoms with Crippen molar-refractivity contribution in [3.63, 3.8) is 0 Å². The van der Waals surface area contributed by atoms with E-state index in [1.54, 1.807) is 0 Å². The van der Waals surface area contributed by atoms with E-state index in [1.807, 2.05) is 0 Å². The van der Waals surface area contributed by atoms with Crippen LogP contribution < -0.4 is 0 Å². The zero-order valence-electron chi connectivity index (χ0n) is 12.5. The molecule has 0 aliphatic carbocycles. The number of carboxylic acids is 1. The van der Waals surface area contributed by atoms with Gasteiger partial charge in [0, 0.05) is 20.1 Å². The summed E-state index contributed by atoms with van der Waals surface area (Å²) in [6, 6.07) is 5.26. The standard InChI is InChI=1S/C13H18N2O6S2/c1-14(10-13(16)17)22(18,19)11-6-2-3-7-12(11)23(20,21)15-8-4-5-9-15/h2-3,6-7H,4-5,8-10H2,1H3,(H,16,17). The van der Waals surface area contributed by atoms with Crippen molar-refractivity contribution in [3.8, 4) is 0 Å². The van der Waals surface area contributed by atoms with Gasteiger partial charge in [0.1, 0.15) is 16.3 Å². The van der Waals surface area contributed by atoms with Crippen molar-refractivity contribution in [3.05, 3.63) is 24.3 Å². The molecule has 0 amide bonds. The van der Waals surface area contributed by atoms with Crippen LogP contribution in [0.5, 0.6) is 0 Å². The maximum atomic E-state index is 12.7. The van der Waals surface area contributed by atoms with Crippen LogP contribution in [0.3, 0.4) is 0 Å². The zero-order valence-corrected chi connectivity index (χ0v) is 14.2. The molecule has 1 N–H and O–H groups in total. The van der Waals surface area contributed by atoms with Gasteiger partial charge in [0.05, 0.1) is 0 Å². The average molecular weight is 362 g/mol. The lowest BCUT2D eigenvalue weighted by atomic mass is 10.4. The van der Waals surface area contributed by atoms with E-state index < -0.39 is 37.5 Å². The smallest absolute Gasteiger partial charge is 0.318 e. The summed E-state index contributed by atoms with van der Waals surface area (Å²) in [5.41, 5.74) is 0. The molecule has 1 saturated heterocycles. The summed E-state index contributed by atoms with van der Waals surface area (Å²) in [6.45, 7) is -0.0518. The maximum absolute atomic E-state index is 12.7. The number of hydrogen-bond acceptors (Lipinski definition) is 5. The molecule has 0 bridgehead atoms. The minimum atomic E-state index is -4.23. The van der Waals surface area contributed by atoms with Crippen LogP contribution in [-0.4, -0.2) is 63.2 Å². The first-order valence-corrected chi connectivity index (χ1v) is 9.82. The van der Waals surface area contributed by atoms with E-state index in [0.717, 1.165) is 19.9 Å². The van der Waals surface area contributed by atoms with Gasteiger partial charge in [-0.1, -0.05) is 12.1 Å². The monoisotopic (exact) mass is 362 g/mol. The quantitative estimate of drug-likeness (QED) is 0.772. The van der Waals surface area contributed by atoms with Gasteiger partial charge in [-0.25, -0.2) is 16.8 Å². The van der Waals surface area contributed by atoms with Crippen molar-refractivity contribution in [2.24, 2.45) is 0 Å². The largest absolute Gasteiger partial charge is 0.480 e. The van der Waals surface area contributed by atoms with E-state index in [9.17, 15) is 21.6 Å². The molecule has 23 heavy (non-hydrogen) atoms. The van der Waals surface area contributed by atoms with E-state index >= 15 is 0 Å². The lowest BCUT2D eigenvalue weighted by molar-refractivity contribution is -0.137. The molecular formula is C13H18N2O6S2. The SMILES string of the molecule is CN(CC(=O)O)S(=O)(=O)c1ccccc1S(=O)(=O)N1CCCC1. The van der Waals surface area contributed by atoms with Crippen LogP contribution in [0.25, 0.3) is 0 Å². The number of aliphatic carboxylic acids is 1. The highest BCUT2D eigenvalue weighted by Gasteiger charge is 2.34.